The van der Waals surface area contributed by atoms with Crippen molar-refractivity contribution >= 4 is 16.1 Å². The molecule has 0 amide bonds. The molecule has 0 radical (unpaired) electrons. The number of carbonyl (C=O) groups excluding carboxylic acids is 1. The van der Waals surface area contributed by atoms with Crippen LogP contribution >= 0.6 is 0 Å². The summed E-state index contributed by atoms with van der Waals surface area (Å²) in [6.45, 7) is 7.42. The standard InChI is InChI=1S/C7H12O4S/c1-5-6(8)11-12(9,10)7(2,3)4/h5H,1H2,2-4H3. The molecule has 0 heterocycles. The highest BCUT2D eigenvalue weighted by molar-refractivity contribution is 7.88. The molecule has 0 rings (SSSR count). The van der Waals surface area contributed by atoms with Crippen LogP contribution in [0.4, 0.5) is 0 Å². The molecule has 0 aromatic rings. The molecule has 0 N–H and O–H groups in total. The maximum atomic E-state index is 11.1. The van der Waals surface area contributed by atoms with Crippen molar-refractivity contribution in [1.82, 2.24) is 0 Å². The van der Waals surface area contributed by atoms with E-state index in [1.54, 1.807) is 0 Å². The first-order valence-electron chi connectivity index (χ1n) is 3.31. The zero-order chi connectivity index (χ0) is 9.99. The molecule has 0 unspecified atom stereocenters. The zero-order valence-corrected chi connectivity index (χ0v) is 8.14. The zero-order valence-electron chi connectivity index (χ0n) is 7.33. The van der Waals surface area contributed by atoms with Gasteiger partial charge in [0.1, 0.15) is 0 Å². The minimum Gasteiger partial charge on any atom is -0.341 e. The monoisotopic (exact) mass is 192 g/mol. The molecular weight excluding hydrogens is 180 g/mol. The maximum absolute atomic E-state index is 11.1. The quantitative estimate of drug-likeness (QED) is 0.480. The van der Waals surface area contributed by atoms with Gasteiger partial charge >= 0.3 is 16.1 Å². The van der Waals surface area contributed by atoms with Gasteiger partial charge in [-0.25, -0.2) is 4.79 Å². The summed E-state index contributed by atoms with van der Waals surface area (Å²) < 4.78 is 25.3. The number of rotatable bonds is 2. The lowest BCUT2D eigenvalue weighted by Gasteiger charge is -2.16. The lowest BCUT2D eigenvalue weighted by atomic mass is 10.3. The van der Waals surface area contributed by atoms with Crippen molar-refractivity contribution in [3.05, 3.63) is 12.7 Å². The van der Waals surface area contributed by atoms with Gasteiger partial charge in [-0.1, -0.05) is 6.58 Å². The van der Waals surface area contributed by atoms with Crippen LogP contribution in [0.2, 0.25) is 0 Å². The Bertz CT molecular complexity index is 281. The van der Waals surface area contributed by atoms with Crippen molar-refractivity contribution in [3.63, 3.8) is 0 Å². The summed E-state index contributed by atoms with van der Waals surface area (Å²) >= 11 is 0. The van der Waals surface area contributed by atoms with Crippen LogP contribution in [0.5, 0.6) is 0 Å². The molecule has 12 heavy (non-hydrogen) atoms. The van der Waals surface area contributed by atoms with E-state index < -0.39 is 20.8 Å². The average molecular weight is 192 g/mol. The summed E-state index contributed by atoms with van der Waals surface area (Å²) in [5.74, 6) is -0.954. The molecule has 5 heteroatoms. The summed E-state index contributed by atoms with van der Waals surface area (Å²) in [5, 5.41) is 0. The molecule has 4 nitrogen and oxygen atoms in total. The number of hydrogen-bond acceptors (Lipinski definition) is 4. The molecule has 0 bridgehead atoms. The molecule has 0 saturated heterocycles. The minimum atomic E-state index is -3.83. The lowest BCUT2D eigenvalue weighted by molar-refractivity contribution is -0.128. The van der Waals surface area contributed by atoms with Crippen molar-refractivity contribution in [2.45, 2.75) is 25.5 Å². The first-order chi connectivity index (χ1) is 5.20. The second kappa shape index (κ2) is 3.26. The summed E-state index contributed by atoms with van der Waals surface area (Å²) in [5.41, 5.74) is 0. The van der Waals surface area contributed by atoms with E-state index in [1.807, 2.05) is 0 Å². The third-order valence-electron chi connectivity index (χ3n) is 1.11. The van der Waals surface area contributed by atoms with Crippen LogP contribution in [-0.2, 0) is 19.1 Å². The predicted molar refractivity (Wildman–Crippen MR) is 45.0 cm³/mol. The summed E-state index contributed by atoms with van der Waals surface area (Å²) in [6, 6.07) is 0. The van der Waals surface area contributed by atoms with Crippen LogP contribution in [0, 0.1) is 0 Å². The van der Waals surface area contributed by atoms with Gasteiger partial charge in [0.15, 0.2) is 0 Å². The molecule has 0 spiro atoms. The Balaban J connectivity index is 4.69. The number of hydrogen-bond donors (Lipinski definition) is 0. The van der Waals surface area contributed by atoms with Gasteiger partial charge < -0.3 is 4.18 Å². The van der Waals surface area contributed by atoms with Crippen LogP contribution < -0.4 is 0 Å². The molecule has 0 aromatic heterocycles. The van der Waals surface area contributed by atoms with Crippen molar-refractivity contribution in [3.8, 4) is 0 Å². The Morgan fingerprint density at radius 3 is 2.08 bits per heavy atom. The Morgan fingerprint density at radius 2 is 1.83 bits per heavy atom. The number of carbonyl (C=O) groups is 1. The smallest absolute Gasteiger partial charge is 0.341 e. The van der Waals surface area contributed by atoms with Gasteiger partial charge in [0.05, 0.1) is 4.75 Å². The Morgan fingerprint density at radius 1 is 1.42 bits per heavy atom. The van der Waals surface area contributed by atoms with E-state index in [0.29, 0.717) is 0 Å². The average Bonchev–Trinajstić information content (AvgIpc) is 1.84. The summed E-state index contributed by atoms with van der Waals surface area (Å²) in [6.07, 6.45) is 0.809. The van der Waals surface area contributed by atoms with Crippen molar-refractivity contribution in [2.75, 3.05) is 0 Å². The topological polar surface area (TPSA) is 60.4 Å². The summed E-state index contributed by atoms with van der Waals surface area (Å²) in [7, 11) is -3.83. The second-order valence-electron chi connectivity index (χ2n) is 3.17. The van der Waals surface area contributed by atoms with Crippen LogP contribution in [0.3, 0.4) is 0 Å². The van der Waals surface area contributed by atoms with Gasteiger partial charge in [0.2, 0.25) is 0 Å². The van der Waals surface area contributed by atoms with Gasteiger partial charge in [0.25, 0.3) is 0 Å². The first-order valence-corrected chi connectivity index (χ1v) is 4.72. The predicted octanol–water partition coefficient (Wildman–Crippen LogP) is 0.844. The van der Waals surface area contributed by atoms with E-state index in [9.17, 15) is 13.2 Å². The highest BCUT2D eigenvalue weighted by atomic mass is 32.2. The molecule has 0 atom stereocenters. The molecule has 0 fully saturated rings. The molecule has 0 aromatic carbocycles. The minimum absolute atomic E-state index is 0.809. The Labute approximate surface area is 72.3 Å². The van der Waals surface area contributed by atoms with Gasteiger partial charge in [-0.05, 0) is 20.8 Å². The van der Waals surface area contributed by atoms with Crippen LogP contribution in [0.1, 0.15) is 20.8 Å². The van der Waals surface area contributed by atoms with E-state index in [0.717, 1.165) is 6.08 Å². The van der Waals surface area contributed by atoms with Crippen LogP contribution in [-0.4, -0.2) is 19.1 Å². The molecular formula is C7H12O4S. The van der Waals surface area contributed by atoms with E-state index in [1.165, 1.54) is 20.8 Å². The molecule has 0 saturated carbocycles. The first kappa shape index (κ1) is 11.2. The summed E-state index contributed by atoms with van der Waals surface area (Å²) in [4.78, 5) is 10.6. The van der Waals surface area contributed by atoms with E-state index >= 15 is 0 Å². The molecule has 0 aliphatic carbocycles. The highest BCUT2D eigenvalue weighted by Gasteiger charge is 2.32. The van der Waals surface area contributed by atoms with E-state index in [2.05, 4.69) is 10.8 Å². The fourth-order valence-corrected chi connectivity index (χ4v) is 0.801. The van der Waals surface area contributed by atoms with Crippen LogP contribution in [0.15, 0.2) is 12.7 Å². The van der Waals surface area contributed by atoms with Gasteiger partial charge in [-0.3, -0.25) is 0 Å². The molecule has 70 valence electrons. The fourth-order valence-electron chi connectivity index (χ4n) is 0.267. The third kappa shape index (κ3) is 2.65. The van der Waals surface area contributed by atoms with Gasteiger partial charge in [0, 0.05) is 6.08 Å². The highest BCUT2D eigenvalue weighted by Crippen LogP contribution is 2.16. The lowest BCUT2D eigenvalue weighted by Crippen LogP contribution is -2.31. The van der Waals surface area contributed by atoms with Crippen LogP contribution in [0.25, 0.3) is 0 Å². The van der Waals surface area contributed by atoms with E-state index in [-0.39, 0.29) is 0 Å². The van der Waals surface area contributed by atoms with Gasteiger partial charge in [-0.15, -0.1) is 0 Å². The fraction of sp³-hybridized carbons (Fsp3) is 0.571. The molecule has 0 aliphatic rings. The third-order valence-corrected chi connectivity index (χ3v) is 2.99. The van der Waals surface area contributed by atoms with Crippen molar-refractivity contribution in [1.29, 1.82) is 0 Å². The van der Waals surface area contributed by atoms with Crippen molar-refractivity contribution in [2.24, 2.45) is 0 Å². The van der Waals surface area contributed by atoms with Crippen molar-refractivity contribution < 1.29 is 17.4 Å². The molecule has 0 aliphatic heterocycles. The SMILES string of the molecule is C=CC(=O)OS(=O)(=O)C(C)(C)C. The second-order valence-corrected chi connectivity index (χ2v) is 5.47. The Hall–Kier alpha value is -0.840. The van der Waals surface area contributed by atoms with E-state index in [4.69, 9.17) is 0 Å². The maximum Gasteiger partial charge on any atom is 0.345 e. The largest absolute Gasteiger partial charge is 0.345 e. The Kier molecular flexibility index (Phi) is 3.04. The van der Waals surface area contributed by atoms with Gasteiger partial charge in [-0.2, -0.15) is 8.42 Å². The normalized spacial score (nSPS) is 12.2.